The zero-order valence-electron chi connectivity index (χ0n) is 13.0. The molecule has 128 valence electrons. The Morgan fingerprint density at radius 3 is 2.83 bits per heavy atom. The second kappa shape index (κ2) is 6.70. The minimum atomic E-state index is -0.648. The van der Waals surface area contributed by atoms with Crippen molar-refractivity contribution in [1.29, 1.82) is 0 Å². The van der Waals surface area contributed by atoms with Gasteiger partial charge in [-0.3, -0.25) is 14.2 Å². The fourth-order valence-corrected chi connectivity index (χ4v) is 2.78. The first kappa shape index (κ1) is 16.6. The number of fused-ring (bicyclic) bond motifs is 1. The Bertz CT molecular complexity index is 780. The van der Waals surface area contributed by atoms with Gasteiger partial charge in [-0.1, -0.05) is 11.6 Å². The van der Waals surface area contributed by atoms with E-state index in [0.717, 1.165) is 0 Å². The first-order chi connectivity index (χ1) is 11.5. The second-order valence-corrected chi connectivity index (χ2v) is 5.68. The smallest absolute Gasteiger partial charge is 0.303 e. The van der Waals surface area contributed by atoms with Gasteiger partial charge in [0.25, 0.3) is 0 Å². The lowest BCUT2D eigenvalue weighted by Crippen LogP contribution is -2.24. The normalized spacial score (nSPS) is 23.4. The number of hydrogen-bond donors (Lipinski definition) is 0. The molecular weight excluding hydrogens is 340 g/mol. The van der Waals surface area contributed by atoms with Crippen LogP contribution in [0.4, 0.5) is 0 Å². The highest BCUT2D eigenvalue weighted by atomic mass is 35.5. The SMILES string of the molecule is CC(=O)OC[C@@H]1C[C@@H](OC(C)=O)[C@H](n2cnc3c(Cl)ncnc32)O1. The van der Waals surface area contributed by atoms with Gasteiger partial charge in [-0.25, -0.2) is 15.0 Å². The zero-order valence-corrected chi connectivity index (χ0v) is 13.8. The van der Waals surface area contributed by atoms with Crippen LogP contribution in [0.3, 0.4) is 0 Å². The van der Waals surface area contributed by atoms with E-state index in [1.165, 1.54) is 26.5 Å². The predicted molar refractivity (Wildman–Crippen MR) is 81.0 cm³/mol. The average molecular weight is 355 g/mol. The fourth-order valence-electron chi connectivity index (χ4n) is 2.61. The fraction of sp³-hybridized carbons (Fsp3) is 0.500. The number of ether oxygens (including phenoxy) is 3. The maximum Gasteiger partial charge on any atom is 0.303 e. The van der Waals surface area contributed by atoms with Gasteiger partial charge in [-0.05, 0) is 0 Å². The van der Waals surface area contributed by atoms with E-state index in [-0.39, 0.29) is 11.8 Å². The number of carbonyl (C=O) groups is 2. The number of esters is 2. The van der Waals surface area contributed by atoms with Crippen LogP contribution in [0, 0.1) is 0 Å². The van der Waals surface area contributed by atoms with Gasteiger partial charge in [0.2, 0.25) is 0 Å². The van der Waals surface area contributed by atoms with Crippen LogP contribution in [-0.2, 0) is 23.8 Å². The molecule has 0 aliphatic carbocycles. The van der Waals surface area contributed by atoms with Gasteiger partial charge in [-0.2, -0.15) is 0 Å². The molecule has 0 aromatic carbocycles. The quantitative estimate of drug-likeness (QED) is 0.597. The topological polar surface area (TPSA) is 105 Å². The number of carbonyl (C=O) groups excluding carboxylic acids is 2. The summed E-state index contributed by atoms with van der Waals surface area (Å²) in [5.41, 5.74) is 0.887. The van der Waals surface area contributed by atoms with Crippen LogP contribution in [0.1, 0.15) is 26.5 Å². The van der Waals surface area contributed by atoms with Crippen molar-refractivity contribution in [3.63, 3.8) is 0 Å². The summed E-state index contributed by atoms with van der Waals surface area (Å²) in [4.78, 5) is 34.6. The molecule has 0 unspecified atom stereocenters. The van der Waals surface area contributed by atoms with Crippen molar-refractivity contribution in [3.05, 3.63) is 17.8 Å². The number of aromatic nitrogens is 4. The number of imidazole rings is 1. The largest absolute Gasteiger partial charge is 0.463 e. The van der Waals surface area contributed by atoms with Crippen LogP contribution >= 0.6 is 11.6 Å². The van der Waals surface area contributed by atoms with Crippen molar-refractivity contribution in [1.82, 2.24) is 19.5 Å². The van der Waals surface area contributed by atoms with E-state index in [9.17, 15) is 9.59 Å². The molecule has 0 radical (unpaired) electrons. The summed E-state index contributed by atoms with van der Waals surface area (Å²) in [6.07, 6.45) is 1.59. The van der Waals surface area contributed by atoms with Crippen molar-refractivity contribution < 1.29 is 23.8 Å². The molecule has 9 nitrogen and oxygen atoms in total. The van der Waals surface area contributed by atoms with Crippen molar-refractivity contribution in [2.45, 2.75) is 38.7 Å². The molecule has 2 aromatic heterocycles. The molecule has 1 aliphatic rings. The molecule has 1 saturated heterocycles. The van der Waals surface area contributed by atoms with Crippen molar-refractivity contribution in [3.8, 4) is 0 Å². The molecule has 0 bridgehead atoms. The molecule has 1 fully saturated rings. The summed E-state index contributed by atoms with van der Waals surface area (Å²) in [5.74, 6) is -0.836. The molecule has 2 aromatic rings. The molecule has 3 heterocycles. The lowest BCUT2D eigenvalue weighted by Gasteiger charge is -2.19. The lowest BCUT2D eigenvalue weighted by atomic mass is 10.2. The van der Waals surface area contributed by atoms with Crippen LogP contribution in [0.5, 0.6) is 0 Å². The highest BCUT2D eigenvalue weighted by molar-refractivity contribution is 6.33. The van der Waals surface area contributed by atoms with E-state index in [4.69, 9.17) is 25.8 Å². The minimum absolute atomic E-state index is 0.0754. The Morgan fingerprint density at radius 2 is 2.12 bits per heavy atom. The molecule has 0 amide bonds. The van der Waals surface area contributed by atoms with Gasteiger partial charge in [0, 0.05) is 20.3 Å². The van der Waals surface area contributed by atoms with Crippen LogP contribution in [-0.4, -0.2) is 50.3 Å². The number of nitrogens with zero attached hydrogens (tertiary/aromatic N) is 4. The van der Waals surface area contributed by atoms with Gasteiger partial charge in [0.1, 0.15) is 24.6 Å². The lowest BCUT2D eigenvalue weighted by molar-refractivity contribution is -0.152. The van der Waals surface area contributed by atoms with E-state index in [1.54, 1.807) is 4.57 Å². The summed E-state index contributed by atoms with van der Waals surface area (Å²) in [5, 5.41) is 0.220. The number of rotatable bonds is 4. The van der Waals surface area contributed by atoms with Crippen LogP contribution in [0.2, 0.25) is 5.15 Å². The van der Waals surface area contributed by atoms with E-state index >= 15 is 0 Å². The average Bonchev–Trinajstić information content (AvgIpc) is 3.09. The molecule has 0 N–H and O–H groups in total. The van der Waals surface area contributed by atoms with E-state index < -0.39 is 30.4 Å². The summed E-state index contributed by atoms with van der Waals surface area (Å²) >= 11 is 6.00. The molecule has 1 aliphatic heterocycles. The summed E-state index contributed by atoms with van der Waals surface area (Å²) in [6, 6.07) is 0. The van der Waals surface area contributed by atoms with Crippen LogP contribution in [0.25, 0.3) is 11.2 Å². The molecule has 3 rings (SSSR count). The van der Waals surface area contributed by atoms with Gasteiger partial charge >= 0.3 is 11.9 Å². The first-order valence-electron chi connectivity index (χ1n) is 7.24. The Hall–Kier alpha value is -2.26. The van der Waals surface area contributed by atoms with Gasteiger partial charge < -0.3 is 14.2 Å². The predicted octanol–water partition coefficient (Wildman–Crippen LogP) is 1.26. The number of hydrogen-bond acceptors (Lipinski definition) is 8. The highest BCUT2D eigenvalue weighted by Gasteiger charge is 2.40. The number of halogens is 1. The van der Waals surface area contributed by atoms with Gasteiger partial charge in [0.05, 0.1) is 12.4 Å². The third kappa shape index (κ3) is 3.31. The summed E-state index contributed by atoms with van der Waals surface area (Å²) in [6.45, 7) is 2.71. The standard InChI is InChI=1S/C14H15ClN4O5/c1-7(20)22-4-9-3-10(23-8(2)21)14(24-9)19-6-18-11-12(15)16-5-17-13(11)19/h5-6,9-10,14H,3-4H2,1-2H3/t9-,10+,14+/m0/s1. The monoisotopic (exact) mass is 354 g/mol. The third-order valence-electron chi connectivity index (χ3n) is 3.52. The van der Waals surface area contributed by atoms with E-state index in [0.29, 0.717) is 17.6 Å². The summed E-state index contributed by atoms with van der Waals surface area (Å²) < 4.78 is 17.8. The van der Waals surface area contributed by atoms with Crippen molar-refractivity contribution in [2.24, 2.45) is 0 Å². The third-order valence-corrected chi connectivity index (χ3v) is 3.80. The second-order valence-electron chi connectivity index (χ2n) is 5.32. The highest BCUT2D eigenvalue weighted by Crippen LogP contribution is 2.34. The molecule has 10 heteroatoms. The maximum absolute atomic E-state index is 11.4. The van der Waals surface area contributed by atoms with Crippen LogP contribution < -0.4 is 0 Å². The molecular formula is C14H15ClN4O5. The van der Waals surface area contributed by atoms with Crippen molar-refractivity contribution >= 4 is 34.7 Å². The summed E-state index contributed by atoms with van der Waals surface area (Å²) in [7, 11) is 0. The first-order valence-corrected chi connectivity index (χ1v) is 7.62. The van der Waals surface area contributed by atoms with E-state index in [2.05, 4.69) is 15.0 Å². The van der Waals surface area contributed by atoms with Gasteiger partial charge in [-0.15, -0.1) is 0 Å². The Balaban J connectivity index is 1.88. The molecule has 3 atom stereocenters. The Morgan fingerprint density at radius 1 is 1.33 bits per heavy atom. The molecule has 24 heavy (non-hydrogen) atoms. The van der Waals surface area contributed by atoms with E-state index in [1.807, 2.05) is 0 Å². The van der Waals surface area contributed by atoms with Crippen molar-refractivity contribution in [2.75, 3.05) is 6.61 Å². The molecule has 0 spiro atoms. The Labute approximate surface area is 141 Å². The maximum atomic E-state index is 11.4. The minimum Gasteiger partial charge on any atom is -0.463 e. The van der Waals surface area contributed by atoms with Crippen LogP contribution in [0.15, 0.2) is 12.7 Å². The van der Waals surface area contributed by atoms with Gasteiger partial charge in [0.15, 0.2) is 17.0 Å². The Kier molecular flexibility index (Phi) is 4.63. The zero-order chi connectivity index (χ0) is 17.3. The molecule has 0 saturated carbocycles.